The highest BCUT2D eigenvalue weighted by molar-refractivity contribution is 5.99. The number of ketones is 1. The van der Waals surface area contributed by atoms with Crippen LogP contribution in [0.5, 0.6) is 0 Å². The molecule has 0 saturated carbocycles. The molecule has 0 amide bonds. The molecule has 2 aromatic rings. The standard InChI is InChI=1S/C15H12FNO3/c16-12-6-4-10(5-7-12)14(18)9-20-15(19)11-2-1-3-13(17)8-11/h1-8H,9,17H2. The molecule has 0 aliphatic heterocycles. The van der Waals surface area contributed by atoms with Crippen molar-refractivity contribution in [3.8, 4) is 0 Å². The predicted molar refractivity (Wildman–Crippen MR) is 71.9 cm³/mol. The minimum absolute atomic E-state index is 0.275. The zero-order chi connectivity index (χ0) is 14.5. The molecule has 0 aromatic heterocycles. The predicted octanol–water partition coefficient (Wildman–Crippen LogP) is 2.45. The SMILES string of the molecule is Nc1cccc(C(=O)OCC(=O)c2ccc(F)cc2)c1. The van der Waals surface area contributed by atoms with E-state index in [1.54, 1.807) is 18.2 Å². The van der Waals surface area contributed by atoms with E-state index in [2.05, 4.69) is 0 Å². The number of halogens is 1. The van der Waals surface area contributed by atoms with E-state index in [0.717, 1.165) is 0 Å². The monoisotopic (exact) mass is 273 g/mol. The van der Waals surface area contributed by atoms with Gasteiger partial charge in [-0.05, 0) is 42.5 Å². The van der Waals surface area contributed by atoms with Crippen LogP contribution in [0.4, 0.5) is 10.1 Å². The van der Waals surface area contributed by atoms with E-state index in [4.69, 9.17) is 10.5 Å². The van der Waals surface area contributed by atoms with Gasteiger partial charge in [0.2, 0.25) is 0 Å². The van der Waals surface area contributed by atoms with Crippen LogP contribution in [0, 0.1) is 5.82 Å². The van der Waals surface area contributed by atoms with Gasteiger partial charge in [-0.2, -0.15) is 0 Å². The fourth-order valence-corrected chi connectivity index (χ4v) is 1.60. The molecular formula is C15H12FNO3. The van der Waals surface area contributed by atoms with E-state index < -0.39 is 24.2 Å². The summed E-state index contributed by atoms with van der Waals surface area (Å²) in [5, 5.41) is 0. The smallest absolute Gasteiger partial charge is 0.338 e. The Balaban J connectivity index is 1.96. The number of rotatable bonds is 4. The maximum atomic E-state index is 12.7. The molecule has 0 saturated heterocycles. The second-order valence-corrected chi connectivity index (χ2v) is 4.13. The van der Waals surface area contributed by atoms with Gasteiger partial charge in [0.25, 0.3) is 0 Å². The summed E-state index contributed by atoms with van der Waals surface area (Å²) in [6.07, 6.45) is 0. The minimum atomic E-state index is -0.632. The molecule has 0 heterocycles. The van der Waals surface area contributed by atoms with E-state index in [-0.39, 0.29) is 11.1 Å². The van der Waals surface area contributed by atoms with E-state index in [1.165, 1.54) is 30.3 Å². The van der Waals surface area contributed by atoms with Gasteiger partial charge in [-0.3, -0.25) is 4.79 Å². The van der Waals surface area contributed by atoms with Gasteiger partial charge in [0.1, 0.15) is 5.82 Å². The van der Waals surface area contributed by atoms with Crippen molar-refractivity contribution < 1.29 is 18.7 Å². The number of benzene rings is 2. The molecule has 2 N–H and O–H groups in total. The molecule has 20 heavy (non-hydrogen) atoms. The van der Waals surface area contributed by atoms with Crippen molar-refractivity contribution in [3.63, 3.8) is 0 Å². The van der Waals surface area contributed by atoms with Crippen LogP contribution >= 0.6 is 0 Å². The molecule has 0 bridgehead atoms. The first kappa shape index (κ1) is 13.7. The van der Waals surface area contributed by atoms with Crippen molar-refractivity contribution in [3.05, 3.63) is 65.5 Å². The minimum Gasteiger partial charge on any atom is -0.454 e. The maximum absolute atomic E-state index is 12.7. The van der Waals surface area contributed by atoms with Crippen molar-refractivity contribution in [2.75, 3.05) is 12.3 Å². The van der Waals surface area contributed by atoms with Gasteiger partial charge in [-0.25, -0.2) is 9.18 Å². The highest BCUT2D eigenvalue weighted by Gasteiger charge is 2.12. The fraction of sp³-hybridized carbons (Fsp3) is 0.0667. The molecule has 2 rings (SSSR count). The van der Waals surface area contributed by atoms with Gasteiger partial charge in [0.05, 0.1) is 5.56 Å². The summed E-state index contributed by atoms with van der Waals surface area (Å²) in [6.45, 7) is -0.404. The Labute approximate surface area is 115 Å². The molecule has 102 valence electrons. The van der Waals surface area contributed by atoms with Crippen molar-refractivity contribution >= 4 is 17.4 Å². The molecule has 0 unspecified atom stereocenters. The number of nitrogen functional groups attached to an aromatic ring is 1. The summed E-state index contributed by atoms with van der Waals surface area (Å²) in [4.78, 5) is 23.4. The van der Waals surface area contributed by atoms with Crippen LogP contribution in [-0.2, 0) is 4.74 Å². The Kier molecular flexibility index (Phi) is 4.10. The molecule has 0 aliphatic rings. The van der Waals surface area contributed by atoms with Crippen LogP contribution in [-0.4, -0.2) is 18.4 Å². The third kappa shape index (κ3) is 3.41. The van der Waals surface area contributed by atoms with Gasteiger partial charge in [0.15, 0.2) is 12.4 Å². The average Bonchev–Trinajstić information content (AvgIpc) is 2.45. The lowest BCUT2D eigenvalue weighted by Crippen LogP contribution is -2.14. The van der Waals surface area contributed by atoms with Crippen molar-refractivity contribution in [1.29, 1.82) is 0 Å². The molecular weight excluding hydrogens is 261 g/mol. The van der Waals surface area contributed by atoms with E-state index in [9.17, 15) is 14.0 Å². The van der Waals surface area contributed by atoms with Crippen molar-refractivity contribution in [1.82, 2.24) is 0 Å². The fourth-order valence-electron chi connectivity index (χ4n) is 1.60. The number of carbonyl (C=O) groups excluding carboxylic acids is 2. The number of nitrogens with two attached hydrogens (primary N) is 1. The number of anilines is 1. The number of hydrogen-bond donors (Lipinski definition) is 1. The first-order valence-electron chi connectivity index (χ1n) is 5.87. The normalized spacial score (nSPS) is 10.1. The number of ether oxygens (including phenoxy) is 1. The number of Topliss-reactive ketones (excluding diaryl/α,β-unsaturated/α-hetero) is 1. The first-order chi connectivity index (χ1) is 9.56. The van der Waals surface area contributed by atoms with Crippen molar-refractivity contribution in [2.45, 2.75) is 0 Å². The second-order valence-electron chi connectivity index (χ2n) is 4.13. The third-order valence-electron chi connectivity index (χ3n) is 2.62. The van der Waals surface area contributed by atoms with Crippen LogP contribution in [0.1, 0.15) is 20.7 Å². The molecule has 0 atom stereocenters. The molecule has 0 spiro atoms. The summed E-state index contributed by atoms with van der Waals surface area (Å²) in [5.41, 5.74) is 6.54. The Bertz CT molecular complexity index is 638. The first-order valence-corrected chi connectivity index (χ1v) is 5.87. The van der Waals surface area contributed by atoms with E-state index >= 15 is 0 Å². The van der Waals surface area contributed by atoms with Gasteiger partial charge in [-0.15, -0.1) is 0 Å². The zero-order valence-electron chi connectivity index (χ0n) is 10.5. The maximum Gasteiger partial charge on any atom is 0.338 e. The number of hydrogen-bond acceptors (Lipinski definition) is 4. The van der Waals surface area contributed by atoms with Crippen LogP contribution in [0.25, 0.3) is 0 Å². The lowest BCUT2D eigenvalue weighted by Gasteiger charge is -2.05. The van der Waals surface area contributed by atoms with Crippen LogP contribution in [0.2, 0.25) is 0 Å². The molecule has 0 fully saturated rings. The molecule has 5 heteroatoms. The van der Waals surface area contributed by atoms with E-state index in [0.29, 0.717) is 5.69 Å². The zero-order valence-corrected chi connectivity index (χ0v) is 10.5. The number of esters is 1. The van der Waals surface area contributed by atoms with Crippen LogP contribution in [0.3, 0.4) is 0 Å². The number of carbonyl (C=O) groups is 2. The summed E-state index contributed by atoms with van der Waals surface area (Å²) in [5.74, 6) is -1.46. The Morgan fingerprint density at radius 1 is 1.05 bits per heavy atom. The third-order valence-corrected chi connectivity index (χ3v) is 2.62. The highest BCUT2D eigenvalue weighted by Crippen LogP contribution is 2.09. The molecule has 4 nitrogen and oxygen atoms in total. The topological polar surface area (TPSA) is 69.4 Å². The lowest BCUT2D eigenvalue weighted by molar-refractivity contribution is 0.0475. The van der Waals surface area contributed by atoms with E-state index in [1.807, 2.05) is 0 Å². The second kappa shape index (κ2) is 5.97. The summed E-state index contributed by atoms with van der Waals surface area (Å²) < 4.78 is 17.6. The molecule has 2 aromatic carbocycles. The Morgan fingerprint density at radius 3 is 2.40 bits per heavy atom. The van der Waals surface area contributed by atoms with Gasteiger partial charge >= 0.3 is 5.97 Å². The summed E-state index contributed by atoms with van der Waals surface area (Å²) >= 11 is 0. The Morgan fingerprint density at radius 2 is 1.75 bits per heavy atom. The molecule has 0 radical (unpaired) electrons. The van der Waals surface area contributed by atoms with Gasteiger partial charge < -0.3 is 10.5 Å². The van der Waals surface area contributed by atoms with Gasteiger partial charge in [0, 0.05) is 11.3 Å². The largest absolute Gasteiger partial charge is 0.454 e. The summed E-state index contributed by atoms with van der Waals surface area (Å²) in [6, 6.07) is 11.3. The Hall–Kier alpha value is -2.69. The lowest BCUT2D eigenvalue weighted by atomic mass is 10.1. The quantitative estimate of drug-likeness (QED) is 0.527. The van der Waals surface area contributed by atoms with Crippen LogP contribution < -0.4 is 5.73 Å². The van der Waals surface area contributed by atoms with Gasteiger partial charge in [-0.1, -0.05) is 6.07 Å². The average molecular weight is 273 g/mol. The van der Waals surface area contributed by atoms with Crippen molar-refractivity contribution in [2.24, 2.45) is 0 Å². The molecule has 0 aliphatic carbocycles. The highest BCUT2D eigenvalue weighted by atomic mass is 19.1. The van der Waals surface area contributed by atoms with Crippen LogP contribution in [0.15, 0.2) is 48.5 Å². The summed E-state index contributed by atoms with van der Waals surface area (Å²) in [7, 11) is 0.